The molecule has 2 aromatic rings. The summed E-state index contributed by atoms with van der Waals surface area (Å²) in [7, 11) is 0. The predicted molar refractivity (Wildman–Crippen MR) is 76.0 cm³/mol. The maximum atomic E-state index is 13.6. The van der Waals surface area contributed by atoms with Gasteiger partial charge in [-0.25, -0.2) is 4.39 Å². The molecule has 0 fully saturated rings. The van der Waals surface area contributed by atoms with E-state index in [1.807, 2.05) is 12.1 Å². The van der Waals surface area contributed by atoms with Crippen LogP contribution in [-0.4, -0.2) is 4.98 Å². The lowest BCUT2D eigenvalue weighted by atomic mass is 9.91. The fourth-order valence-electron chi connectivity index (χ4n) is 2.79. The van der Waals surface area contributed by atoms with E-state index in [1.54, 1.807) is 18.2 Å². The molecule has 1 heterocycles. The van der Waals surface area contributed by atoms with Crippen molar-refractivity contribution in [2.75, 3.05) is 0 Å². The lowest BCUT2D eigenvalue weighted by Gasteiger charge is -2.26. The first kappa shape index (κ1) is 13.1. The number of nitrogens with one attached hydrogen (secondary N) is 2. The van der Waals surface area contributed by atoms with Crippen molar-refractivity contribution in [2.45, 2.75) is 31.8 Å². The third-order valence-corrected chi connectivity index (χ3v) is 3.83. The third-order valence-electron chi connectivity index (χ3n) is 3.83. The summed E-state index contributed by atoms with van der Waals surface area (Å²) in [5, 5.41) is 3.39. The Hall–Kier alpha value is -1.94. The maximum Gasteiger partial charge on any atom is 0.248 e. The minimum absolute atomic E-state index is 0.0569. The summed E-state index contributed by atoms with van der Waals surface area (Å²) >= 11 is 0. The minimum Gasteiger partial charge on any atom is -0.326 e. The lowest BCUT2D eigenvalue weighted by molar-refractivity contribution is 0.447. The standard InChI is InChI=1S/C16H17FN2O/c17-13-5-2-1-4-11(13)10-18-14-6-3-7-15-12(14)8-9-16(20)19-15/h1-2,4-5,8-9,14,18H,3,6-7,10H2,(H,19,20). The Labute approximate surface area is 116 Å². The van der Waals surface area contributed by atoms with E-state index in [-0.39, 0.29) is 17.4 Å². The number of halogens is 1. The Bertz CT molecular complexity index is 666. The van der Waals surface area contributed by atoms with Crippen LogP contribution in [-0.2, 0) is 13.0 Å². The van der Waals surface area contributed by atoms with E-state index in [4.69, 9.17) is 0 Å². The van der Waals surface area contributed by atoms with Crippen LogP contribution in [0.2, 0.25) is 0 Å². The van der Waals surface area contributed by atoms with E-state index in [1.165, 1.54) is 6.07 Å². The molecule has 1 aromatic heterocycles. The van der Waals surface area contributed by atoms with Crippen LogP contribution in [0.5, 0.6) is 0 Å². The molecule has 0 amide bonds. The first-order valence-electron chi connectivity index (χ1n) is 6.93. The second-order valence-electron chi connectivity index (χ2n) is 5.17. The van der Waals surface area contributed by atoms with Crippen molar-refractivity contribution >= 4 is 0 Å². The van der Waals surface area contributed by atoms with Gasteiger partial charge in [-0.3, -0.25) is 4.79 Å². The van der Waals surface area contributed by atoms with Crippen molar-refractivity contribution in [3.63, 3.8) is 0 Å². The summed E-state index contributed by atoms with van der Waals surface area (Å²) in [5.41, 5.74) is 2.75. The van der Waals surface area contributed by atoms with Gasteiger partial charge in [-0.1, -0.05) is 24.3 Å². The number of aromatic nitrogens is 1. The van der Waals surface area contributed by atoms with Gasteiger partial charge in [0.1, 0.15) is 5.82 Å². The molecule has 1 atom stereocenters. The minimum atomic E-state index is -0.183. The summed E-state index contributed by atoms with van der Waals surface area (Å²) < 4.78 is 13.6. The summed E-state index contributed by atoms with van der Waals surface area (Å²) in [5.74, 6) is -0.183. The third kappa shape index (κ3) is 2.65. The summed E-state index contributed by atoms with van der Waals surface area (Å²) in [4.78, 5) is 14.2. The highest BCUT2D eigenvalue weighted by Gasteiger charge is 2.20. The van der Waals surface area contributed by atoms with Crippen LogP contribution in [0.15, 0.2) is 41.2 Å². The van der Waals surface area contributed by atoms with Gasteiger partial charge >= 0.3 is 0 Å². The molecule has 1 aliphatic rings. The average Bonchev–Trinajstić information content (AvgIpc) is 2.46. The van der Waals surface area contributed by atoms with Crippen LogP contribution in [0, 0.1) is 5.82 Å². The van der Waals surface area contributed by atoms with Gasteiger partial charge in [0, 0.05) is 29.9 Å². The molecule has 3 nitrogen and oxygen atoms in total. The topological polar surface area (TPSA) is 44.9 Å². The molecule has 1 unspecified atom stereocenters. The highest BCUT2D eigenvalue weighted by atomic mass is 19.1. The van der Waals surface area contributed by atoms with Crippen molar-refractivity contribution in [1.82, 2.24) is 10.3 Å². The number of aryl methyl sites for hydroxylation is 1. The normalized spacial score (nSPS) is 17.8. The second kappa shape index (κ2) is 5.59. The number of H-pyrrole nitrogens is 1. The molecule has 2 N–H and O–H groups in total. The fraction of sp³-hybridized carbons (Fsp3) is 0.312. The number of hydrogen-bond donors (Lipinski definition) is 2. The predicted octanol–water partition coefficient (Wildman–Crippen LogP) is 2.68. The number of benzene rings is 1. The van der Waals surface area contributed by atoms with Gasteiger partial charge < -0.3 is 10.3 Å². The summed E-state index contributed by atoms with van der Waals surface area (Å²) in [6.07, 6.45) is 2.94. The molecule has 20 heavy (non-hydrogen) atoms. The fourth-order valence-corrected chi connectivity index (χ4v) is 2.79. The highest BCUT2D eigenvalue weighted by Crippen LogP contribution is 2.27. The molecule has 0 saturated heterocycles. The Morgan fingerprint density at radius 1 is 1.25 bits per heavy atom. The van der Waals surface area contributed by atoms with Gasteiger partial charge in [-0.2, -0.15) is 0 Å². The highest BCUT2D eigenvalue weighted by molar-refractivity contribution is 5.26. The first-order chi connectivity index (χ1) is 9.74. The molecule has 1 aromatic carbocycles. The zero-order valence-electron chi connectivity index (χ0n) is 11.2. The average molecular weight is 272 g/mol. The molecule has 0 saturated carbocycles. The molecule has 3 rings (SSSR count). The van der Waals surface area contributed by atoms with Crippen LogP contribution in [0.3, 0.4) is 0 Å². The van der Waals surface area contributed by atoms with E-state index < -0.39 is 0 Å². The number of hydrogen-bond acceptors (Lipinski definition) is 2. The number of rotatable bonds is 3. The Balaban J connectivity index is 1.77. The zero-order chi connectivity index (χ0) is 13.9. The van der Waals surface area contributed by atoms with E-state index in [2.05, 4.69) is 10.3 Å². The Morgan fingerprint density at radius 2 is 2.10 bits per heavy atom. The lowest BCUT2D eigenvalue weighted by Crippen LogP contribution is -2.27. The maximum absolute atomic E-state index is 13.6. The Morgan fingerprint density at radius 3 is 2.95 bits per heavy atom. The first-order valence-corrected chi connectivity index (χ1v) is 6.93. The second-order valence-corrected chi connectivity index (χ2v) is 5.17. The molecular weight excluding hydrogens is 255 g/mol. The monoisotopic (exact) mass is 272 g/mol. The van der Waals surface area contributed by atoms with E-state index in [0.29, 0.717) is 12.1 Å². The van der Waals surface area contributed by atoms with Crippen molar-refractivity contribution in [2.24, 2.45) is 0 Å². The van der Waals surface area contributed by atoms with E-state index in [9.17, 15) is 9.18 Å². The SMILES string of the molecule is O=c1ccc2c([nH]1)CCCC2NCc1ccccc1F. The summed E-state index contributed by atoms with van der Waals surface area (Å²) in [6.45, 7) is 0.496. The number of pyridine rings is 1. The van der Waals surface area contributed by atoms with Crippen LogP contribution < -0.4 is 10.9 Å². The Kier molecular flexibility index (Phi) is 3.65. The van der Waals surface area contributed by atoms with Gasteiger partial charge in [0.2, 0.25) is 5.56 Å². The quantitative estimate of drug-likeness (QED) is 0.902. The van der Waals surface area contributed by atoms with Crippen LogP contribution in [0.1, 0.15) is 35.7 Å². The number of aromatic amines is 1. The largest absolute Gasteiger partial charge is 0.326 e. The molecule has 0 radical (unpaired) electrons. The number of fused-ring (bicyclic) bond motifs is 1. The van der Waals surface area contributed by atoms with E-state index in [0.717, 1.165) is 30.5 Å². The van der Waals surface area contributed by atoms with Crippen molar-refractivity contribution in [1.29, 1.82) is 0 Å². The smallest absolute Gasteiger partial charge is 0.248 e. The van der Waals surface area contributed by atoms with Crippen LogP contribution in [0.25, 0.3) is 0 Å². The summed E-state index contributed by atoms with van der Waals surface area (Å²) in [6, 6.07) is 10.4. The molecule has 0 bridgehead atoms. The van der Waals surface area contributed by atoms with Crippen LogP contribution >= 0.6 is 0 Å². The molecule has 0 spiro atoms. The van der Waals surface area contributed by atoms with Gasteiger partial charge in [0.15, 0.2) is 0 Å². The van der Waals surface area contributed by atoms with Crippen LogP contribution in [0.4, 0.5) is 4.39 Å². The molecule has 0 aliphatic heterocycles. The van der Waals surface area contributed by atoms with Gasteiger partial charge in [0.25, 0.3) is 0 Å². The van der Waals surface area contributed by atoms with E-state index >= 15 is 0 Å². The molecule has 104 valence electrons. The molecule has 1 aliphatic carbocycles. The molecule has 4 heteroatoms. The van der Waals surface area contributed by atoms with Gasteiger partial charge in [0.05, 0.1) is 0 Å². The van der Waals surface area contributed by atoms with Crippen molar-refractivity contribution in [3.8, 4) is 0 Å². The zero-order valence-corrected chi connectivity index (χ0v) is 11.2. The van der Waals surface area contributed by atoms with Gasteiger partial charge in [-0.15, -0.1) is 0 Å². The molecular formula is C16H17FN2O. The van der Waals surface area contributed by atoms with Crippen molar-refractivity contribution in [3.05, 3.63) is 69.4 Å². The van der Waals surface area contributed by atoms with Gasteiger partial charge in [-0.05, 0) is 30.9 Å². The van der Waals surface area contributed by atoms with Crippen molar-refractivity contribution < 1.29 is 4.39 Å².